The second-order valence-electron chi connectivity index (χ2n) is 4.17. The molecule has 2 rings (SSSR count). The van der Waals surface area contributed by atoms with E-state index in [2.05, 4.69) is 20.8 Å². The summed E-state index contributed by atoms with van der Waals surface area (Å²) in [6, 6.07) is 0. The fourth-order valence-corrected chi connectivity index (χ4v) is 2.37. The average molecular weight is 124 g/mol. The van der Waals surface area contributed by atoms with E-state index >= 15 is 0 Å². The van der Waals surface area contributed by atoms with Crippen molar-refractivity contribution in [1.82, 2.24) is 0 Å². The van der Waals surface area contributed by atoms with Crippen LogP contribution in [0.4, 0.5) is 0 Å². The third-order valence-electron chi connectivity index (χ3n) is 3.57. The summed E-state index contributed by atoms with van der Waals surface area (Å²) in [5.74, 6) is 5.44. The molecule has 0 aromatic heterocycles. The van der Waals surface area contributed by atoms with E-state index in [1.807, 2.05) is 0 Å². The molecule has 4 atom stereocenters. The molecule has 2 aliphatic rings. The monoisotopic (exact) mass is 124 g/mol. The molecule has 0 amide bonds. The van der Waals surface area contributed by atoms with E-state index in [-0.39, 0.29) is 0 Å². The van der Waals surface area contributed by atoms with Crippen molar-refractivity contribution >= 4 is 0 Å². The van der Waals surface area contributed by atoms with Crippen LogP contribution in [0, 0.1) is 29.6 Å². The molecule has 0 bridgehead atoms. The minimum Gasteiger partial charge on any atom is -0.0622 e. The molecule has 0 heteroatoms. The molecule has 0 radical (unpaired) electrons. The molecule has 2 fully saturated rings. The Labute approximate surface area is 57.6 Å². The Morgan fingerprint density at radius 3 is 1.56 bits per heavy atom. The lowest BCUT2D eigenvalue weighted by molar-refractivity contribution is 0.596. The van der Waals surface area contributed by atoms with Gasteiger partial charge < -0.3 is 0 Å². The fraction of sp³-hybridized carbons (Fsp3) is 1.00. The molecular weight excluding hydrogens is 108 g/mol. The van der Waals surface area contributed by atoms with Gasteiger partial charge in [-0.25, -0.2) is 0 Å². The molecule has 2 saturated carbocycles. The van der Waals surface area contributed by atoms with Gasteiger partial charge in [0.05, 0.1) is 0 Å². The van der Waals surface area contributed by atoms with Crippen molar-refractivity contribution in [3.63, 3.8) is 0 Å². The predicted octanol–water partition coefficient (Wildman–Crippen LogP) is 2.54. The lowest BCUT2D eigenvalue weighted by atomic mass is 10.2. The van der Waals surface area contributed by atoms with E-state index in [4.69, 9.17) is 0 Å². The van der Waals surface area contributed by atoms with E-state index < -0.39 is 0 Å². The second-order valence-corrected chi connectivity index (χ2v) is 4.17. The highest BCUT2D eigenvalue weighted by Gasteiger charge is 2.54. The van der Waals surface area contributed by atoms with E-state index in [1.165, 1.54) is 6.42 Å². The van der Waals surface area contributed by atoms with Crippen molar-refractivity contribution in [1.29, 1.82) is 0 Å². The Hall–Kier alpha value is 0. The van der Waals surface area contributed by atoms with Crippen LogP contribution in [0.1, 0.15) is 27.2 Å². The number of hydrogen-bond acceptors (Lipinski definition) is 0. The van der Waals surface area contributed by atoms with Crippen molar-refractivity contribution in [2.75, 3.05) is 0 Å². The van der Waals surface area contributed by atoms with Crippen molar-refractivity contribution in [2.45, 2.75) is 27.2 Å². The molecule has 4 unspecified atom stereocenters. The summed E-state index contributed by atoms with van der Waals surface area (Å²) >= 11 is 0. The Morgan fingerprint density at radius 1 is 1.00 bits per heavy atom. The molecule has 52 valence electrons. The minimum absolute atomic E-state index is 1.06. The highest BCUT2D eigenvalue weighted by atomic mass is 14.6. The summed E-state index contributed by atoms with van der Waals surface area (Å²) < 4.78 is 0. The summed E-state index contributed by atoms with van der Waals surface area (Å²) in [5.41, 5.74) is 0. The van der Waals surface area contributed by atoms with Gasteiger partial charge in [-0.2, -0.15) is 0 Å². The lowest BCUT2D eigenvalue weighted by Gasteiger charge is -1.88. The predicted molar refractivity (Wildman–Crippen MR) is 39.1 cm³/mol. The Morgan fingerprint density at radius 2 is 1.44 bits per heavy atom. The molecule has 2 aliphatic carbocycles. The van der Waals surface area contributed by atoms with Crippen LogP contribution in [0.15, 0.2) is 0 Å². The van der Waals surface area contributed by atoms with E-state index in [0.29, 0.717) is 0 Å². The molecule has 0 aromatic carbocycles. The SMILES string of the molecule is CC1CC1C1C(C)C1C. The van der Waals surface area contributed by atoms with Crippen LogP contribution < -0.4 is 0 Å². The van der Waals surface area contributed by atoms with Gasteiger partial charge in [-0.3, -0.25) is 0 Å². The summed E-state index contributed by atoms with van der Waals surface area (Å²) in [6.45, 7) is 7.20. The van der Waals surface area contributed by atoms with Gasteiger partial charge in [-0.05, 0) is 36.0 Å². The molecule has 9 heavy (non-hydrogen) atoms. The molecule has 0 nitrogen and oxygen atoms in total. The first-order valence-electron chi connectivity index (χ1n) is 4.22. The van der Waals surface area contributed by atoms with E-state index in [9.17, 15) is 0 Å². The second kappa shape index (κ2) is 1.53. The maximum Gasteiger partial charge on any atom is -0.0326 e. The van der Waals surface area contributed by atoms with Crippen LogP contribution in [0.2, 0.25) is 0 Å². The van der Waals surface area contributed by atoms with E-state index in [1.54, 1.807) is 0 Å². The topological polar surface area (TPSA) is 0 Å². The van der Waals surface area contributed by atoms with Crippen LogP contribution in [0.5, 0.6) is 0 Å². The summed E-state index contributed by atoms with van der Waals surface area (Å²) in [6.07, 6.45) is 1.53. The molecule has 0 heterocycles. The van der Waals surface area contributed by atoms with Crippen LogP contribution in [0.25, 0.3) is 0 Å². The number of hydrogen-bond donors (Lipinski definition) is 0. The zero-order valence-electron chi connectivity index (χ0n) is 6.59. The van der Waals surface area contributed by atoms with Gasteiger partial charge in [-0.1, -0.05) is 20.8 Å². The molecule has 0 saturated heterocycles. The first kappa shape index (κ1) is 5.76. The minimum atomic E-state index is 1.06. The first-order chi connectivity index (χ1) is 4.22. The Bertz CT molecular complexity index is 120. The van der Waals surface area contributed by atoms with Gasteiger partial charge in [0.2, 0.25) is 0 Å². The third kappa shape index (κ3) is 0.720. The Balaban J connectivity index is 1.90. The number of rotatable bonds is 1. The van der Waals surface area contributed by atoms with Gasteiger partial charge in [0, 0.05) is 0 Å². The molecule has 0 aliphatic heterocycles. The lowest BCUT2D eigenvalue weighted by Crippen LogP contribution is -1.83. The van der Waals surface area contributed by atoms with Crippen LogP contribution in [-0.4, -0.2) is 0 Å². The smallest absolute Gasteiger partial charge is 0.0326 e. The standard InChI is InChI=1S/C9H16/c1-5-4-8(5)9-6(2)7(9)3/h5-9H,4H2,1-3H3. The summed E-state index contributed by atoms with van der Waals surface area (Å²) in [7, 11) is 0. The van der Waals surface area contributed by atoms with Gasteiger partial charge in [0.25, 0.3) is 0 Å². The quantitative estimate of drug-likeness (QED) is 0.504. The molecule has 0 spiro atoms. The van der Waals surface area contributed by atoms with Crippen molar-refractivity contribution in [3.05, 3.63) is 0 Å². The Kier molecular flexibility index (Phi) is 0.980. The zero-order valence-corrected chi connectivity index (χ0v) is 6.59. The van der Waals surface area contributed by atoms with Crippen LogP contribution in [-0.2, 0) is 0 Å². The zero-order chi connectivity index (χ0) is 6.59. The molecule has 0 aromatic rings. The summed E-state index contributed by atoms with van der Waals surface area (Å²) in [4.78, 5) is 0. The fourth-order valence-electron chi connectivity index (χ4n) is 2.37. The van der Waals surface area contributed by atoms with Gasteiger partial charge in [0.15, 0.2) is 0 Å². The largest absolute Gasteiger partial charge is 0.0622 e. The van der Waals surface area contributed by atoms with Gasteiger partial charge in [-0.15, -0.1) is 0 Å². The third-order valence-corrected chi connectivity index (χ3v) is 3.57. The van der Waals surface area contributed by atoms with E-state index in [0.717, 1.165) is 29.6 Å². The van der Waals surface area contributed by atoms with Gasteiger partial charge in [0.1, 0.15) is 0 Å². The molecule has 0 N–H and O–H groups in total. The highest BCUT2D eigenvalue weighted by molar-refractivity contribution is 5.02. The normalized spacial score (nSPS) is 63.7. The van der Waals surface area contributed by atoms with Crippen molar-refractivity contribution in [3.8, 4) is 0 Å². The highest BCUT2D eigenvalue weighted by Crippen LogP contribution is 2.60. The van der Waals surface area contributed by atoms with Gasteiger partial charge >= 0.3 is 0 Å². The average Bonchev–Trinajstić information content (AvgIpc) is 2.58. The maximum atomic E-state index is 2.40. The van der Waals surface area contributed by atoms with Crippen molar-refractivity contribution < 1.29 is 0 Å². The van der Waals surface area contributed by atoms with Crippen molar-refractivity contribution in [2.24, 2.45) is 29.6 Å². The van der Waals surface area contributed by atoms with Crippen LogP contribution in [0.3, 0.4) is 0 Å². The van der Waals surface area contributed by atoms with Crippen LogP contribution >= 0.6 is 0 Å². The summed E-state index contributed by atoms with van der Waals surface area (Å²) in [5, 5.41) is 0. The molecular formula is C9H16. The maximum absolute atomic E-state index is 2.40. The first-order valence-corrected chi connectivity index (χ1v) is 4.22.